The van der Waals surface area contributed by atoms with Crippen LogP contribution in [0.1, 0.15) is 32.3 Å². The second kappa shape index (κ2) is 5.45. The maximum Gasteiger partial charge on any atom is 0.190 e. The fourth-order valence-electron chi connectivity index (χ4n) is 3.11. The Morgan fingerprint density at radius 2 is 1.71 bits per heavy atom. The minimum atomic E-state index is -0.0327. The molecular formula is C21H19NO2. The Balaban J connectivity index is 2.02. The fraction of sp³-hybridized carbons (Fsp3) is 0.238. The third kappa shape index (κ3) is 2.28. The van der Waals surface area contributed by atoms with Gasteiger partial charge in [0.2, 0.25) is 0 Å². The Bertz CT molecular complexity index is 1080. The Morgan fingerprint density at radius 1 is 0.958 bits per heavy atom. The Kier molecular flexibility index (Phi) is 3.38. The summed E-state index contributed by atoms with van der Waals surface area (Å²) in [7, 11) is 0. The second-order valence-corrected chi connectivity index (χ2v) is 6.74. The van der Waals surface area contributed by atoms with Crippen molar-refractivity contribution in [3.8, 4) is 11.5 Å². The van der Waals surface area contributed by atoms with Gasteiger partial charge in [0.05, 0.1) is 0 Å². The summed E-state index contributed by atoms with van der Waals surface area (Å²) < 4.78 is 6.04. The molecule has 3 nitrogen and oxygen atoms in total. The number of aromatic nitrogens is 1. The molecule has 3 heteroatoms. The van der Waals surface area contributed by atoms with Crippen LogP contribution in [0, 0.1) is 5.92 Å². The number of rotatable bonds is 2. The van der Waals surface area contributed by atoms with E-state index in [-0.39, 0.29) is 5.43 Å². The first-order chi connectivity index (χ1) is 11.5. The number of nitrogens with zero attached hydrogens (tertiary/aromatic N) is 1. The monoisotopic (exact) mass is 317 g/mol. The van der Waals surface area contributed by atoms with Gasteiger partial charge in [-0.1, -0.05) is 51.1 Å². The van der Waals surface area contributed by atoms with Gasteiger partial charge >= 0.3 is 0 Å². The first-order valence-corrected chi connectivity index (χ1v) is 8.31. The molecule has 2 aromatic carbocycles. The summed E-state index contributed by atoms with van der Waals surface area (Å²) >= 11 is 0. The summed E-state index contributed by atoms with van der Waals surface area (Å²) in [5, 5.41) is 1.52. The van der Waals surface area contributed by atoms with Crippen molar-refractivity contribution in [3.63, 3.8) is 0 Å². The van der Waals surface area contributed by atoms with Crippen molar-refractivity contribution in [1.29, 1.82) is 0 Å². The van der Waals surface area contributed by atoms with E-state index in [1.54, 1.807) is 6.07 Å². The molecule has 0 N–H and O–H groups in total. The van der Waals surface area contributed by atoms with Gasteiger partial charge in [0.15, 0.2) is 16.8 Å². The Hall–Kier alpha value is -2.68. The first kappa shape index (κ1) is 14.9. The highest BCUT2D eigenvalue weighted by atomic mass is 16.3. The van der Waals surface area contributed by atoms with Crippen LogP contribution in [0.2, 0.25) is 0 Å². The van der Waals surface area contributed by atoms with Crippen LogP contribution in [0.3, 0.4) is 0 Å². The third-order valence-electron chi connectivity index (χ3n) is 4.91. The van der Waals surface area contributed by atoms with E-state index in [2.05, 4.69) is 26.8 Å². The van der Waals surface area contributed by atoms with Gasteiger partial charge in [-0.25, -0.2) is 4.98 Å². The smallest absolute Gasteiger partial charge is 0.190 e. The van der Waals surface area contributed by atoms with Crippen molar-refractivity contribution in [1.82, 2.24) is 4.98 Å². The molecule has 24 heavy (non-hydrogen) atoms. The molecule has 1 atom stereocenters. The molecule has 1 aliphatic heterocycles. The van der Waals surface area contributed by atoms with E-state index in [0.29, 0.717) is 23.0 Å². The number of hydrogen-bond acceptors (Lipinski definition) is 3. The van der Waals surface area contributed by atoms with E-state index < -0.39 is 0 Å². The van der Waals surface area contributed by atoms with Crippen LogP contribution in [0.5, 0.6) is 0 Å². The van der Waals surface area contributed by atoms with Gasteiger partial charge in [0, 0.05) is 16.8 Å². The molecule has 1 unspecified atom stereocenters. The van der Waals surface area contributed by atoms with Crippen LogP contribution in [-0.4, -0.2) is 4.98 Å². The molecule has 0 radical (unpaired) electrons. The van der Waals surface area contributed by atoms with Crippen LogP contribution in [0.15, 0.2) is 57.7 Å². The Labute approximate surface area is 140 Å². The second-order valence-electron chi connectivity index (χ2n) is 6.74. The van der Waals surface area contributed by atoms with E-state index in [1.807, 2.05) is 36.4 Å². The lowest BCUT2D eigenvalue weighted by Crippen LogP contribution is -2.04. The third-order valence-corrected chi connectivity index (χ3v) is 4.91. The highest BCUT2D eigenvalue weighted by molar-refractivity contribution is 5.96. The molecule has 1 aliphatic carbocycles. The minimum absolute atomic E-state index is 0.0327. The molecule has 0 saturated carbocycles. The van der Waals surface area contributed by atoms with Crippen LogP contribution >= 0.6 is 0 Å². The van der Waals surface area contributed by atoms with E-state index in [9.17, 15) is 4.79 Å². The lowest BCUT2D eigenvalue weighted by atomic mass is 9.90. The highest BCUT2D eigenvalue weighted by Gasteiger charge is 2.17. The van der Waals surface area contributed by atoms with Crippen LogP contribution in [-0.2, 0) is 0 Å². The number of benzene rings is 3. The molecular weight excluding hydrogens is 298 g/mol. The van der Waals surface area contributed by atoms with E-state index in [4.69, 9.17) is 9.40 Å². The average Bonchev–Trinajstić information content (AvgIpc) is 2.59. The van der Waals surface area contributed by atoms with Gasteiger partial charge in [0.25, 0.3) is 0 Å². The number of fused-ring (bicyclic) bond motifs is 4. The largest absolute Gasteiger partial charge is 0.453 e. The normalized spacial score (nSPS) is 13.2. The van der Waals surface area contributed by atoms with Crippen LogP contribution < -0.4 is 5.43 Å². The van der Waals surface area contributed by atoms with Crippen molar-refractivity contribution in [2.24, 2.45) is 5.92 Å². The zero-order chi connectivity index (χ0) is 16.8. The van der Waals surface area contributed by atoms with Crippen molar-refractivity contribution in [2.75, 3.05) is 0 Å². The van der Waals surface area contributed by atoms with Gasteiger partial charge in [-0.05, 0) is 29.5 Å². The fourth-order valence-corrected chi connectivity index (χ4v) is 3.11. The molecule has 0 bridgehead atoms. The highest BCUT2D eigenvalue weighted by Crippen LogP contribution is 2.32. The molecule has 120 valence electrons. The molecule has 2 aromatic rings. The average molecular weight is 317 g/mol. The number of hydrogen-bond donors (Lipinski definition) is 0. The summed E-state index contributed by atoms with van der Waals surface area (Å²) in [4.78, 5) is 17.1. The maximum atomic E-state index is 12.3. The van der Waals surface area contributed by atoms with Gasteiger partial charge < -0.3 is 4.42 Å². The minimum Gasteiger partial charge on any atom is -0.453 e. The van der Waals surface area contributed by atoms with Gasteiger partial charge in [-0.2, -0.15) is 0 Å². The van der Waals surface area contributed by atoms with Crippen molar-refractivity contribution >= 4 is 21.9 Å². The van der Waals surface area contributed by atoms with Crippen molar-refractivity contribution in [3.05, 3.63) is 64.3 Å². The summed E-state index contributed by atoms with van der Waals surface area (Å²) in [6, 6.07) is 15.2. The zero-order valence-corrected chi connectivity index (χ0v) is 14.0. The van der Waals surface area contributed by atoms with Crippen molar-refractivity contribution < 1.29 is 4.42 Å². The maximum absolute atomic E-state index is 12.3. The van der Waals surface area contributed by atoms with Crippen molar-refractivity contribution in [2.45, 2.75) is 26.7 Å². The molecule has 0 spiro atoms. The van der Waals surface area contributed by atoms with E-state index in [1.165, 1.54) is 5.56 Å². The molecule has 0 fully saturated rings. The summed E-state index contributed by atoms with van der Waals surface area (Å²) in [6.45, 7) is 6.63. The topological polar surface area (TPSA) is 43.1 Å². The van der Waals surface area contributed by atoms with Gasteiger partial charge in [-0.3, -0.25) is 4.79 Å². The quantitative estimate of drug-likeness (QED) is 0.377. The van der Waals surface area contributed by atoms with E-state index >= 15 is 0 Å². The lowest BCUT2D eigenvalue weighted by Gasteiger charge is -2.16. The summed E-state index contributed by atoms with van der Waals surface area (Å²) in [5.41, 5.74) is 3.47. The zero-order valence-electron chi connectivity index (χ0n) is 14.0. The molecule has 4 rings (SSSR count). The van der Waals surface area contributed by atoms with Gasteiger partial charge in [-0.15, -0.1) is 0 Å². The van der Waals surface area contributed by atoms with Gasteiger partial charge in [0.1, 0.15) is 11.2 Å². The lowest BCUT2D eigenvalue weighted by molar-refractivity contribution is 0.533. The first-order valence-electron chi connectivity index (χ1n) is 8.31. The summed E-state index contributed by atoms with van der Waals surface area (Å²) in [6.07, 6.45) is 0. The van der Waals surface area contributed by atoms with Crippen LogP contribution in [0.25, 0.3) is 33.3 Å². The SMILES string of the molecule is CC(C)C(C)c1ccc2nc3c4ccccc4c(=O)cc-3oc2c1. The Morgan fingerprint density at radius 3 is 2.46 bits per heavy atom. The standard InChI is InChI=1S/C21H19NO2/c1-12(2)13(3)14-8-9-17-19(10-14)24-20-11-18(23)15-6-4-5-7-16(15)21(20)22-17/h4-13H,1-3H3. The molecule has 1 heterocycles. The van der Waals surface area contributed by atoms with E-state index in [0.717, 1.165) is 22.2 Å². The predicted octanol–water partition coefficient (Wildman–Crippen LogP) is 5.21. The predicted molar refractivity (Wildman–Crippen MR) is 97.7 cm³/mol. The van der Waals surface area contributed by atoms with Crippen LogP contribution in [0.4, 0.5) is 0 Å². The molecule has 2 aliphatic rings. The molecule has 0 aromatic heterocycles. The summed E-state index contributed by atoms with van der Waals surface area (Å²) in [5.74, 6) is 1.53. The molecule has 0 amide bonds. The molecule has 0 saturated heterocycles.